The first-order chi connectivity index (χ1) is 8.04. The van der Waals surface area contributed by atoms with Gasteiger partial charge in [0.15, 0.2) is 0 Å². The molecule has 0 atom stereocenters. The lowest BCUT2D eigenvalue weighted by Crippen LogP contribution is -2.29. The molecule has 0 aliphatic heterocycles. The van der Waals surface area contributed by atoms with Gasteiger partial charge in [0.1, 0.15) is 0 Å². The first-order valence-corrected chi connectivity index (χ1v) is 6.87. The molecule has 0 aromatic carbocycles. The van der Waals surface area contributed by atoms with Crippen molar-refractivity contribution in [1.29, 1.82) is 0 Å². The van der Waals surface area contributed by atoms with Crippen LogP contribution >= 0.6 is 27.3 Å². The molecule has 1 aromatic heterocycles. The highest BCUT2D eigenvalue weighted by Gasteiger charge is 2.14. The summed E-state index contributed by atoms with van der Waals surface area (Å²) in [4.78, 5) is 24.6. The van der Waals surface area contributed by atoms with E-state index in [1.54, 1.807) is 25.4 Å². The zero-order chi connectivity index (χ0) is 12.8. The number of rotatable bonds is 5. The number of hydrogen-bond donors (Lipinski definition) is 0. The molecular formula is C11H14BrNO3S. The highest BCUT2D eigenvalue weighted by molar-refractivity contribution is 9.11. The van der Waals surface area contributed by atoms with Crippen molar-refractivity contribution in [3.8, 4) is 0 Å². The third kappa shape index (κ3) is 4.47. The van der Waals surface area contributed by atoms with Crippen molar-refractivity contribution in [2.45, 2.75) is 13.3 Å². The molecule has 1 rings (SSSR count). The van der Waals surface area contributed by atoms with E-state index in [1.165, 1.54) is 16.2 Å². The summed E-state index contributed by atoms with van der Waals surface area (Å²) in [6.45, 7) is 2.49. The Hall–Kier alpha value is -0.880. The minimum Gasteiger partial charge on any atom is -0.466 e. The molecule has 0 aliphatic carbocycles. The number of nitrogens with zero attached hydrogens (tertiary/aromatic N) is 1. The number of thiophene rings is 1. The van der Waals surface area contributed by atoms with Crippen LogP contribution in [0.5, 0.6) is 0 Å². The molecule has 1 amide bonds. The molecular weight excluding hydrogens is 306 g/mol. The molecule has 6 heteroatoms. The van der Waals surface area contributed by atoms with Crippen LogP contribution in [-0.2, 0) is 9.53 Å². The van der Waals surface area contributed by atoms with Crippen LogP contribution in [0.1, 0.15) is 23.7 Å². The largest absolute Gasteiger partial charge is 0.466 e. The van der Waals surface area contributed by atoms with Crippen molar-refractivity contribution in [1.82, 2.24) is 4.90 Å². The number of carbonyl (C=O) groups is 2. The average Bonchev–Trinajstić information content (AvgIpc) is 2.72. The number of esters is 1. The Balaban J connectivity index is 2.45. The summed E-state index contributed by atoms with van der Waals surface area (Å²) in [6.07, 6.45) is 0.224. The fourth-order valence-electron chi connectivity index (χ4n) is 1.24. The summed E-state index contributed by atoms with van der Waals surface area (Å²) in [5.41, 5.74) is 0.633. The maximum absolute atomic E-state index is 11.9. The van der Waals surface area contributed by atoms with E-state index >= 15 is 0 Å². The Morgan fingerprint density at radius 3 is 2.76 bits per heavy atom. The SMILES string of the molecule is CCOC(=O)CCN(C)C(=O)c1csc(Br)c1. The number of amides is 1. The minimum atomic E-state index is -0.279. The molecule has 4 nitrogen and oxygen atoms in total. The van der Waals surface area contributed by atoms with Crippen LogP contribution < -0.4 is 0 Å². The molecule has 94 valence electrons. The molecule has 17 heavy (non-hydrogen) atoms. The van der Waals surface area contributed by atoms with Gasteiger partial charge in [-0.25, -0.2) is 0 Å². The van der Waals surface area contributed by atoms with Gasteiger partial charge < -0.3 is 9.64 Å². The maximum atomic E-state index is 11.9. The average molecular weight is 320 g/mol. The van der Waals surface area contributed by atoms with Crippen LogP contribution in [0.4, 0.5) is 0 Å². The normalized spacial score (nSPS) is 10.1. The lowest BCUT2D eigenvalue weighted by atomic mass is 10.3. The van der Waals surface area contributed by atoms with E-state index < -0.39 is 0 Å². The number of carbonyl (C=O) groups excluding carboxylic acids is 2. The number of halogens is 1. The standard InChI is InChI=1S/C11H14BrNO3S/c1-3-16-10(14)4-5-13(2)11(15)8-6-9(12)17-7-8/h6-7H,3-5H2,1-2H3. The van der Waals surface area contributed by atoms with E-state index in [0.717, 1.165) is 3.79 Å². The monoisotopic (exact) mass is 319 g/mol. The van der Waals surface area contributed by atoms with Gasteiger partial charge in [0.2, 0.25) is 0 Å². The summed E-state index contributed by atoms with van der Waals surface area (Å²) in [7, 11) is 1.67. The van der Waals surface area contributed by atoms with Crippen LogP contribution in [0.25, 0.3) is 0 Å². The molecule has 0 saturated carbocycles. The van der Waals surface area contributed by atoms with Gasteiger partial charge in [-0.05, 0) is 28.9 Å². The number of ether oxygens (including phenoxy) is 1. The van der Waals surface area contributed by atoms with Crippen LogP contribution in [-0.4, -0.2) is 37.0 Å². The van der Waals surface area contributed by atoms with Crippen LogP contribution in [0.15, 0.2) is 15.2 Å². The summed E-state index contributed by atoms with van der Waals surface area (Å²) < 4.78 is 5.72. The lowest BCUT2D eigenvalue weighted by molar-refractivity contribution is -0.143. The second kappa shape index (κ2) is 6.76. The molecule has 1 aromatic rings. The Morgan fingerprint density at radius 2 is 2.24 bits per heavy atom. The second-order valence-electron chi connectivity index (χ2n) is 3.42. The summed E-state index contributed by atoms with van der Waals surface area (Å²) in [6, 6.07) is 1.77. The molecule has 0 fully saturated rings. The van der Waals surface area contributed by atoms with Crippen molar-refractivity contribution < 1.29 is 14.3 Å². The van der Waals surface area contributed by atoms with E-state index in [2.05, 4.69) is 15.9 Å². The fourth-order valence-corrected chi connectivity index (χ4v) is 2.37. The molecule has 0 saturated heterocycles. The Kier molecular flexibility index (Phi) is 5.64. The lowest BCUT2D eigenvalue weighted by Gasteiger charge is -2.15. The Morgan fingerprint density at radius 1 is 1.53 bits per heavy atom. The van der Waals surface area contributed by atoms with Crippen molar-refractivity contribution >= 4 is 39.1 Å². The predicted molar refractivity (Wildman–Crippen MR) is 70.2 cm³/mol. The third-order valence-electron chi connectivity index (χ3n) is 2.12. The van der Waals surface area contributed by atoms with Gasteiger partial charge in [0.05, 0.1) is 22.4 Å². The van der Waals surface area contributed by atoms with Crippen LogP contribution in [0.3, 0.4) is 0 Å². The fraction of sp³-hybridized carbons (Fsp3) is 0.455. The molecule has 0 aliphatic rings. The van der Waals surface area contributed by atoms with Gasteiger partial charge >= 0.3 is 5.97 Å². The molecule has 0 radical (unpaired) electrons. The van der Waals surface area contributed by atoms with Crippen molar-refractivity contribution in [3.63, 3.8) is 0 Å². The maximum Gasteiger partial charge on any atom is 0.307 e. The van der Waals surface area contributed by atoms with Crippen molar-refractivity contribution in [2.75, 3.05) is 20.2 Å². The summed E-state index contributed by atoms with van der Waals surface area (Å²) >= 11 is 4.77. The van der Waals surface area contributed by atoms with E-state index in [-0.39, 0.29) is 18.3 Å². The smallest absolute Gasteiger partial charge is 0.307 e. The molecule has 0 bridgehead atoms. The summed E-state index contributed by atoms with van der Waals surface area (Å²) in [5, 5.41) is 1.79. The van der Waals surface area contributed by atoms with Gasteiger partial charge in [0, 0.05) is 19.0 Å². The first kappa shape index (κ1) is 14.2. The molecule has 0 N–H and O–H groups in total. The van der Waals surface area contributed by atoms with E-state index in [1.807, 2.05) is 0 Å². The third-order valence-corrected chi connectivity index (χ3v) is 3.62. The number of hydrogen-bond acceptors (Lipinski definition) is 4. The van der Waals surface area contributed by atoms with Crippen LogP contribution in [0, 0.1) is 0 Å². The summed E-state index contributed by atoms with van der Waals surface area (Å²) in [5.74, 6) is -0.366. The molecule has 0 unspecified atom stereocenters. The Bertz CT molecular complexity index is 405. The van der Waals surface area contributed by atoms with Gasteiger partial charge in [-0.2, -0.15) is 0 Å². The molecule has 0 spiro atoms. The van der Waals surface area contributed by atoms with Gasteiger partial charge in [-0.15, -0.1) is 11.3 Å². The highest BCUT2D eigenvalue weighted by atomic mass is 79.9. The van der Waals surface area contributed by atoms with Gasteiger partial charge in [-0.1, -0.05) is 0 Å². The van der Waals surface area contributed by atoms with Gasteiger partial charge in [0.25, 0.3) is 5.91 Å². The van der Waals surface area contributed by atoms with E-state index in [4.69, 9.17) is 4.74 Å². The minimum absolute atomic E-state index is 0.0868. The van der Waals surface area contributed by atoms with Crippen LogP contribution in [0.2, 0.25) is 0 Å². The second-order valence-corrected chi connectivity index (χ2v) is 5.71. The van der Waals surface area contributed by atoms with Crippen molar-refractivity contribution in [3.05, 3.63) is 20.8 Å². The van der Waals surface area contributed by atoms with E-state index in [0.29, 0.717) is 18.7 Å². The van der Waals surface area contributed by atoms with Crippen molar-refractivity contribution in [2.24, 2.45) is 0 Å². The zero-order valence-electron chi connectivity index (χ0n) is 9.73. The molecule has 1 heterocycles. The Labute approximate surface area is 113 Å². The predicted octanol–water partition coefficient (Wildman–Crippen LogP) is 2.54. The quantitative estimate of drug-likeness (QED) is 0.783. The highest BCUT2D eigenvalue weighted by Crippen LogP contribution is 2.21. The topological polar surface area (TPSA) is 46.6 Å². The van der Waals surface area contributed by atoms with E-state index in [9.17, 15) is 9.59 Å². The zero-order valence-corrected chi connectivity index (χ0v) is 12.1. The first-order valence-electron chi connectivity index (χ1n) is 5.19. The van der Waals surface area contributed by atoms with Gasteiger partial charge in [-0.3, -0.25) is 9.59 Å².